The van der Waals surface area contributed by atoms with Gasteiger partial charge in [0.1, 0.15) is 11.4 Å². The third-order valence-corrected chi connectivity index (χ3v) is 3.00. The molecule has 0 aromatic carbocycles. The number of hydrogen-bond donors (Lipinski definition) is 2. The molecule has 1 aromatic heterocycles. The second-order valence-corrected chi connectivity index (χ2v) is 4.54. The van der Waals surface area contributed by atoms with Gasteiger partial charge in [0.2, 0.25) is 5.91 Å². The first-order valence-corrected chi connectivity index (χ1v) is 6.44. The van der Waals surface area contributed by atoms with Crippen molar-refractivity contribution >= 4 is 5.91 Å². The van der Waals surface area contributed by atoms with Crippen LogP contribution in [0.1, 0.15) is 39.3 Å². The van der Waals surface area contributed by atoms with Crippen molar-refractivity contribution in [2.75, 3.05) is 6.54 Å². The fourth-order valence-electron chi connectivity index (χ4n) is 1.87. The number of carbonyl (C=O) groups excluding carboxylic acids is 1. The van der Waals surface area contributed by atoms with Crippen LogP contribution < -0.4 is 11.1 Å². The van der Waals surface area contributed by atoms with Crippen LogP contribution in [0.25, 0.3) is 0 Å². The minimum atomic E-state index is -0.794. The molecule has 18 heavy (non-hydrogen) atoms. The fourth-order valence-corrected chi connectivity index (χ4v) is 1.87. The maximum Gasteiger partial charge on any atom is 0.239 e. The second kappa shape index (κ2) is 5.95. The Hall–Kier alpha value is -1.43. The van der Waals surface area contributed by atoms with Gasteiger partial charge in [-0.15, -0.1) is 0 Å². The maximum atomic E-state index is 11.6. The summed E-state index contributed by atoms with van der Waals surface area (Å²) in [7, 11) is 0. The molecule has 1 heterocycles. The van der Waals surface area contributed by atoms with Gasteiger partial charge in [-0.1, -0.05) is 20.8 Å². The van der Waals surface area contributed by atoms with Crippen LogP contribution in [0.15, 0.2) is 0 Å². The van der Waals surface area contributed by atoms with Crippen molar-refractivity contribution in [2.24, 2.45) is 5.73 Å². The molecular formula is C12H23N5O. The molecule has 0 saturated carbocycles. The SMILES string of the molecule is CCNC(C)(Cn1nc(CC)nc1CC)C(N)=O. The molecule has 0 radical (unpaired) electrons. The fraction of sp³-hybridized carbons (Fsp3) is 0.750. The van der Waals surface area contributed by atoms with Crippen molar-refractivity contribution in [3.8, 4) is 0 Å². The molecule has 1 aromatic rings. The van der Waals surface area contributed by atoms with E-state index in [1.54, 1.807) is 11.6 Å². The number of nitrogens with one attached hydrogen (secondary N) is 1. The van der Waals surface area contributed by atoms with Gasteiger partial charge in [0.05, 0.1) is 6.54 Å². The lowest BCUT2D eigenvalue weighted by Gasteiger charge is -2.27. The zero-order valence-corrected chi connectivity index (χ0v) is 11.7. The summed E-state index contributed by atoms with van der Waals surface area (Å²) < 4.78 is 1.78. The van der Waals surface area contributed by atoms with Gasteiger partial charge in [-0.2, -0.15) is 5.10 Å². The molecule has 1 rings (SSSR count). The molecule has 0 aliphatic heterocycles. The zero-order valence-electron chi connectivity index (χ0n) is 11.7. The predicted octanol–water partition coefficient (Wildman–Crippen LogP) is 0.256. The van der Waals surface area contributed by atoms with E-state index < -0.39 is 5.54 Å². The van der Waals surface area contributed by atoms with Crippen LogP contribution in [0.3, 0.4) is 0 Å². The molecule has 0 aliphatic carbocycles. The average Bonchev–Trinajstić information content (AvgIpc) is 2.71. The summed E-state index contributed by atoms with van der Waals surface area (Å²) in [6.07, 6.45) is 1.57. The van der Waals surface area contributed by atoms with Crippen LogP contribution in [-0.2, 0) is 24.2 Å². The topological polar surface area (TPSA) is 85.8 Å². The number of primary amides is 1. The number of nitrogens with zero attached hydrogens (tertiary/aromatic N) is 3. The molecule has 6 heteroatoms. The summed E-state index contributed by atoms with van der Waals surface area (Å²) in [5.41, 5.74) is 4.68. The lowest BCUT2D eigenvalue weighted by atomic mass is 10.0. The summed E-state index contributed by atoms with van der Waals surface area (Å²) >= 11 is 0. The van der Waals surface area contributed by atoms with E-state index in [1.165, 1.54) is 0 Å². The van der Waals surface area contributed by atoms with E-state index in [1.807, 2.05) is 20.8 Å². The van der Waals surface area contributed by atoms with Crippen molar-refractivity contribution in [1.29, 1.82) is 0 Å². The molecule has 1 unspecified atom stereocenters. The first-order chi connectivity index (χ1) is 8.46. The molecule has 0 aliphatic rings. The average molecular weight is 253 g/mol. The maximum absolute atomic E-state index is 11.6. The quantitative estimate of drug-likeness (QED) is 0.729. The first-order valence-electron chi connectivity index (χ1n) is 6.44. The molecule has 0 fully saturated rings. The van der Waals surface area contributed by atoms with Gasteiger partial charge in [-0.3, -0.25) is 4.79 Å². The van der Waals surface area contributed by atoms with E-state index in [0.717, 1.165) is 24.5 Å². The Bertz CT molecular complexity index is 415. The highest BCUT2D eigenvalue weighted by atomic mass is 16.1. The molecule has 0 bridgehead atoms. The molecule has 1 amide bonds. The van der Waals surface area contributed by atoms with Crippen molar-refractivity contribution in [3.05, 3.63) is 11.6 Å². The highest BCUT2D eigenvalue weighted by molar-refractivity contribution is 5.84. The minimum Gasteiger partial charge on any atom is -0.368 e. The third kappa shape index (κ3) is 3.07. The summed E-state index contributed by atoms with van der Waals surface area (Å²) in [5.74, 6) is 1.31. The van der Waals surface area contributed by atoms with Crippen LogP contribution in [0.2, 0.25) is 0 Å². The van der Waals surface area contributed by atoms with E-state index >= 15 is 0 Å². The van der Waals surface area contributed by atoms with Crippen LogP contribution >= 0.6 is 0 Å². The van der Waals surface area contributed by atoms with E-state index in [4.69, 9.17) is 5.73 Å². The Kier molecular flexibility index (Phi) is 4.84. The molecule has 1 atom stereocenters. The Balaban J connectivity index is 2.99. The highest BCUT2D eigenvalue weighted by Crippen LogP contribution is 2.10. The van der Waals surface area contributed by atoms with Gasteiger partial charge in [-0.25, -0.2) is 9.67 Å². The molecule has 6 nitrogen and oxygen atoms in total. The number of rotatable bonds is 7. The number of amides is 1. The molecular weight excluding hydrogens is 230 g/mol. The number of hydrogen-bond acceptors (Lipinski definition) is 4. The Morgan fingerprint density at radius 2 is 2.06 bits per heavy atom. The Morgan fingerprint density at radius 3 is 2.50 bits per heavy atom. The smallest absolute Gasteiger partial charge is 0.239 e. The number of aryl methyl sites for hydroxylation is 2. The van der Waals surface area contributed by atoms with E-state index in [-0.39, 0.29) is 5.91 Å². The van der Waals surface area contributed by atoms with Gasteiger partial charge in [0, 0.05) is 12.8 Å². The number of likely N-dealkylation sites (N-methyl/N-ethyl adjacent to an activating group) is 1. The van der Waals surface area contributed by atoms with Gasteiger partial charge >= 0.3 is 0 Å². The summed E-state index contributed by atoms with van der Waals surface area (Å²) in [6, 6.07) is 0. The highest BCUT2D eigenvalue weighted by Gasteiger charge is 2.31. The van der Waals surface area contributed by atoms with Crippen LogP contribution in [-0.4, -0.2) is 32.8 Å². The molecule has 0 saturated heterocycles. The van der Waals surface area contributed by atoms with Crippen molar-refractivity contribution in [3.63, 3.8) is 0 Å². The lowest BCUT2D eigenvalue weighted by molar-refractivity contribution is -0.124. The van der Waals surface area contributed by atoms with E-state index in [2.05, 4.69) is 15.4 Å². The minimum absolute atomic E-state index is 0.375. The van der Waals surface area contributed by atoms with E-state index in [0.29, 0.717) is 13.1 Å². The van der Waals surface area contributed by atoms with Crippen molar-refractivity contribution in [2.45, 2.75) is 52.6 Å². The normalized spacial score (nSPS) is 14.4. The van der Waals surface area contributed by atoms with Gasteiger partial charge in [-0.05, 0) is 13.5 Å². The van der Waals surface area contributed by atoms with Crippen molar-refractivity contribution < 1.29 is 4.79 Å². The number of carbonyl (C=O) groups is 1. The third-order valence-electron chi connectivity index (χ3n) is 3.00. The largest absolute Gasteiger partial charge is 0.368 e. The van der Waals surface area contributed by atoms with E-state index in [9.17, 15) is 4.79 Å². The lowest BCUT2D eigenvalue weighted by Crippen LogP contribution is -2.56. The Morgan fingerprint density at radius 1 is 1.39 bits per heavy atom. The monoisotopic (exact) mass is 253 g/mol. The first kappa shape index (κ1) is 14.6. The summed E-state index contributed by atoms with van der Waals surface area (Å²) in [5, 5.41) is 7.53. The summed E-state index contributed by atoms with van der Waals surface area (Å²) in [4.78, 5) is 16.0. The number of nitrogens with two attached hydrogens (primary N) is 1. The van der Waals surface area contributed by atoms with Crippen LogP contribution in [0, 0.1) is 0 Å². The Labute approximate surface area is 108 Å². The standard InChI is InChI=1S/C12H23N5O/c1-5-9-15-10(6-2)17(16-9)8-12(4,11(13)18)14-7-3/h14H,5-8H2,1-4H3,(H2,13,18). The molecule has 102 valence electrons. The second-order valence-electron chi connectivity index (χ2n) is 4.54. The van der Waals surface area contributed by atoms with Crippen LogP contribution in [0.5, 0.6) is 0 Å². The predicted molar refractivity (Wildman–Crippen MR) is 70.1 cm³/mol. The molecule has 0 spiro atoms. The van der Waals surface area contributed by atoms with Crippen molar-refractivity contribution in [1.82, 2.24) is 20.1 Å². The van der Waals surface area contributed by atoms with Crippen LogP contribution in [0.4, 0.5) is 0 Å². The van der Waals surface area contributed by atoms with Gasteiger partial charge in [0.25, 0.3) is 0 Å². The summed E-state index contributed by atoms with van der Waals surface area (Å²) in [6.45, 7) is 8.86. The van der Waals surface area contributed by atoms with Gasteiger partial charge < -0.3 is 11.1 Å². The molecule has 3 N–H and O–H groups in total. The number of aromatic nitrogens is 3. The zero-order chi connectivity index (χ0) is 13.8. The van der Waals surface area contributed by atoms with Gasteiger partial charge in [0.15, 0.2) is 5.82 Å².